The molecule has 6 aromatic rings. The van der Waals surface area contributed by atoms with E-state index in [1.54, 1.807) is 7.90 Å². The molecule has 0 N–H and O–H groups in total. The molecule has 0 saturated heterocycles. The standard InChI is InChI=1S/3C8H5S.In/c3*1-2-4-8-7(3-1)5-6-9-8;/h3*1-5H;. The monoisotopic (exact) mass is 514 g/mol. The first-order valence-corrected chi connectivity index (χ1v) is 16.7. The summed E-state index contributed by atoms with van der Waals surface area (Å²) in [5.41, 5.74) is 0. The van der Waals surface area contributed by atoms with Gasteiger partial charge in [-0.2, -0.15) is 0 Å². The molecule has 0 saturated carbocycles. The second-order valence-electron chi connectivity index (χ2n) is 6.99. The molecule has 0 nitrogen and oxygen atoms in total. The first kappa shape index (κ1) is 17.3. The number of hydrogen-bond acceptors (Lipinski definition) is 3. The fourth-order valence-corrected chi connectivity index (χ4v) is 25.0. The van der Waals surface area contributed by atoms with E-state index in [0.29, 0.717) is 0 Å². The summed E-state index contributed by atoms with van der Waals surface area (Å²) < 4.78 is 9.17. The molecule has 4 heteroatoms. The van der Waals surface area contributed by atoms with Crippen molar-refractivity contribution in [1.29, 1.82) is 0 Å². The molecule has 132 valence electrons. The summed E-state index contributed by atoms with van der Waals surface area (Å²) in [4.78, 5) is 0. The molecule has 0 aliphatic heterocycles. The van der Waals surface area contributed by atoms with Gasteiger partial charge in [-0.1, -0.05) is 0 Å². The summed E-state index contributed by atoms with van der Waals surface area (Å²) in [6.45, 7) is 0. The van der Waals surface area contributed by atoms with E-state index >= 15 is 0 Å². The van der Waals surface area contributed by atoms with Gasteiger partial charge in [-0.15, -0.1) is 0 Å². The fourth-order valence-electron chi connectivity index (χ4n) is 3.85. The van der Waals surface area contributed by atoms with Crippen LogP contribution in [0.4, 0.5) is 0 Å². The second kappa shape index (κ2) is 7.03. The third kappa shape index (κ3) is 2.94. The molecule has 6 rings (SSSR count). The normalized spacial score (nSPS) is 11.6. The summed E-state index contributed by atoms with van der Waals surface area (Å²) in [5, 5.41) is 4.18. The van der Waals surface area contributed by atoms with E-state index in [0.717, 1.165) is 0 Å². The minimum atomic E-state index is -2.39. The molecule has 3 aromatic carbocycles. The number of fused-ring (bicyclic) bond motifs is 3. The number of hydrogen-bond donors (Lipinski definition) is 0. The van der Waals surface area contributed by atoms with Gasteiger partial charge in [0.05, 0.1) is 0 Å². The molecular weight excluding hydrogens is 499 g/mol. The maximum absolute atomic E-state index is 2.48. The van der Waals surface area contributed by atoms with Crippen LogP contribution in [-0.2, 0) is 0 Å². The van der Waals surface area contributed by atoms with Crippen LogP contribution >= 0.6 is 34.0 Å². The molecule has 0 aliphatic rings. The van der Waals surface area contributed by atoms with Crippen LogP contribution in [0.15, 0.2) is 91.0 Å². The van der Waals surface area contributed by atoms with Crippen molar-refractivity contribution in [3.8, 4) is 0 Å². The van der Waals surface area contributed by atoms with Gasteiger partial charge in [0.1, 0.15) is 0 Å². The minimum absolute atomic E-state index is 1.39. The fraction of sp³-hybridized carbons (Fsp3) is 0. The Morgan fingerprint density at radius 1 is 0.429 bits per heavy atom. The summed E-state index contributed by atoms with van der Waals surface area (Å²) >= 11 is 3.68. The van der Waals surface area contributed by atoms with Crippen molar-refractivity contribution in [2.24, 2.45) is 0 Å². The summed E-state index contributed by atoms with van der Waals surface area (Å²) in [5.74, 6) is 0. The van der Waals surface area contributed by atoms with E-state index in [9.17, 15) is 0 Å². The zero-order chi connectivity index (χ0) is 18.5. The Labute approximate surface area is 183 Å². The Morgan fingerprint density at radius 2 is 0.750 bits per heavy atom. The average molecular weight is 514 g/mol. The number of thiophene rings is 3. The molecule has 0 radical (unpaired) electrons. The van der Waals surface area contributed by atoms with E-state index in [1.807, 2.05) is 34.0 Å². The third-order valence-electron chi connectivity index (χ3n) is 5.19. The molecule has 0 bridgehead atoms. The Kier molecular flexibility index (Phi) is 4.34. The molecule has 0 spiro atoms. The van der Waals surface area contributed by atoms with E-state index in [-0.39, 0.29) is 0 Å². The van der Waals surface area contributed by atoms with Gasteiger partial charge in [-0.05, 0) is 0 Å². The van der Waals surface area contributed by atoms with Crippen LogP contribution in [0, 0.1) is 0 Å². The van der Waals surface area contributed by atoms with Gasteiger partial charge >= 0.3 is 185 Å². The van der Waals surface area contributed by atoms with Crippen LogP contribution in [-0.4, -0.2) is 21.4 Å². The van der Waals surface area contributed by atoms with E-state index < -0.39 is 21.4 Å². The van der Waals surface area contributed by atoms with Crippen LogP contribution in [0.3, 0.4) is 0 Å². The molecule has 0 fully saturated rings. The van der Waals surface area contributed by atoms with Gasteiger partial charge in [0.2, 0.25) is 0 Å². The van der Waals surface area contributed by atoms with Crippen molar-refractivity contribution < 1.29 is 0 Å². The van der Waals surface area contributed by atoms with Crippen LogP contribution in [0.2, 0.25) is 0 Å². The summed E-state index contributed by atoms with van der Waals surface area (Å²) in [7, 11) is 0. The van der Waals surface area contributed by atoms with Gasteiger partial charge in [0, 0.05) is 0 Å². The van der Waals surface area contributed by atoms with Crippen LogP contribution in [0.25, 0.3) is 30.3 Å². The first-order chi connectivity index (χ1) is 13.8. The van der Waals surface area contributed by atoms with Crippen molar-refractivity contribution in [2.45, 2.75) is 0 Å². The van der Waals surface area contributed by atoms with Crippen LogP contribution < -0.4 is 7.90 Å². The molecule has 0 aliphatic carbocycles. The van der Waals surface area contributed by atoms with Crippen molar-refractivity contribution in [1.82, 2.24) is 0 Å². The first-order valence-electron chi connectivity index (χ1n) is 9.30. The predicted molar refractivity (Wildman–Crippen MR) is 130 cm³/mol. The predicted octanol–water partition coefficient (Wildman–Crippen LogP) is 5.85. The Morgan fingerprint density at radius 3 is 1.07 bits per heavy atom. The Hall–Kier alpha value is -1.59. The third-order valence-corrected chi connectivity index (χ3v) is 22.1. The zero-order valence-corrected chi connectivity index (χ0v) is 20.7. The van der Waals surface area contributed by atoms with Crippen molar-refractivity contribution >= 4 is 93.6 Å². The zero-order valence-electron chi connectivity index (χ0n) is 15.0. The van der Waals surface area contributed by atoms with E-state index in [1.165, 1.54) is 30.3 Å². The molecular formula is C24H15InS3. The van der Waals surface area contributed by atoms with Gasteiger partial charge < -0.3 is 0 Å². The van der Waals surface area contributed by atoms with Crippen molar-refractivity contribution in [3.63, 3.8) is 0 Å². The summed E-state index contributed by atoms with van der Waals surface area (Å²) in [6, 6.07) is 34.0. The van der Waals surface area contributed by atoms with Gasteiger partial charge in [-0.25, -0.2) is 0 Å². The van der Waals surface area contributed by atoms with Gasteiger partial charge in [0.25, 0.3) is 0 Å². The van der Waals surface area contributed by atoms with Crippen molar-refractivity contribution in [3.05, 3.63) is 91.0 Å². The van der Waals surface area contributed by atoms with Crippen molar-refractivity contribution in [2.75, 3.05) is 0 Å². The average Bonchev–Trinajstić information content (AvgIpc) is 3.44. The van der Waals surface area contributed by atoms with Gasteiger partial charge in [0.15, 0.2) is 0 Å². The molecule has 28 heavy (non-hydrogen) atoms. The molecule has 3 aromatic heterocycles. The maximum atomic E-state index is 2.48. The number of benzene rings is 3. The molecule has 0 amide bonds. The van der Waals surface area contributed by atoms with Crippen LogP contribution in [0.1, 0.15) is 0 Å². The molecule has 0 unspecified atom stereocenters. The van der Waals surface area contributed by atoms with E-state index in [2.05, 4.69) is 91.0 Å². The van der Waals surface area contributed by atoms with Crippen LogP contribution in [0.5, 0.6) is 0 Å². The second-order valence-corrected chi connectivity index (χ2v) is 21.7. The SMILES string of the molecule is c1ccc2s[c]([In]([c]3cc4ccccc4s3)[c]3cc4ccccc4s3)cc2c1. The number of rotatable bonds is 3. The molecule has 3 heterocycles. The topological polar surface area (TPSA) is 0 Å². The summed E-state index contributed by atoms with van der Waals surface area (Å²) in [6.07, 6.45) is 0. The Balaban J connectivity index is 1.60. The Bertz CT molecular complexity index is 1160. The van der Waals surface area contributed by atoms with E-state index in [4.69, 9.17) is 0 Å². The molecule has 0 atom stereocenters. The van der Waals surface area contributed by atoms with Gasteiger partial charge in [-0.3, -0.25) is 0 Å². The quantitative estimate of drug-likeness (QED) is 0.278.